The largest absolute Gasteiger partial charge is 0.489 e. The summed E-state index contributed by atoms with van der Waals surface area (Å²) in [5.41, 5.74) is 2.50. The van der Waals surface area contributed by atoms with Gasteiger partial charge in [0.15, 0.2) is 5.69 Å². The molecule has 212 valence electrons. The number of nitro groups is 1. The lowest BCUT2D eigenvalue weighted by atomic mass is 10.0. The maximum absolute atomic E-state index is 12.9. The van der Waals surface area contributed by atoms with E-state index in [1.54, 1.807) is 19.1 Å². The molecule has 0 aliphatic rings. The van der Waals surface area contributed by atoms with Crippen LogP contribution in [0.5, 0.6) is 23.0 Å². The van der Waals surface area contributed by atoms with Gasteiger partial charge in [0.1, 0.15) is 42.5 Å². The first-order valence-electron chi connectivity index (χ1n) is 13.1. The van der Waals surface area contributed by atoms with Crippen molar-refractivity contribution in [3.63, 3.8) is 0 Å². The normalized spacial score (nSPS) is 11.4. The molecule has 0 radical (unpaired) electrons. The van der Waals surface area contributed by atoms with Crippen LogP contribution >= 0.6 is 0 Å². The zero-order valence-corrected chi connectivity index (χ0v) is 22.6. The number of rotatable bonds is 12. The van der Waals surface area contributed by atoms with E-state index >= 15 is 0 Å². The van der Waals surface area contributed by atoms with Crippen LogP contribution in [-0.2, 0) is 13.2 Å². The third-order valence-corrected chi connectivity index (χ3v) is 6.29. The van der Waals surface area contributed by atoms with Crippen molar-refractivity contribution in [1.82, 2.24) is 10.5 Å². The maximum Gasteiger partial charge on any atom is 0.273 e. The Morgan fingerprint density at radius 1 is 0.857 bits per heavy atom. The van der Waals surface area contributed by atoms with E-state index in [-0.39, 0.29) is 18.0 Å². The van der Waals surface area contributed by atoms with Crippen LogP contribution in [0, 0.1) is 10.1 Å². The van der Waals surface area contributed by atoms with Crippen LogP contribution < -0.4 is 19.5 Å². The number of nitro benzene ring substituents is 1. The summed E-state index contributed by atoms with van der Waals surface area (Å²) in [6, 6.07) is 29.4. The third-order valence-electron chi connectivity index (χ3n) is 6.29. The molecule has 0 fully saturated rings. The summed E-state index contributed by atoms with van der Waals surface area (Å²) in [5, 5.41) is 17.8. The van der Waals surface area contributed by atoms with Crippen molar-refractivity contribution in [2.75, 3.05) is 0 Å². The Labute approximate surface area is 241 Å². The molecule has 42 heavy (non-hydrogen) atoms. The minimum atomic E-state index is -0.615. The fraction of sp³-hybridized carbons (Fsp3) is 0.125. The van der Waals surface area contributed by atoms with Gasteiger partial charge in [-0.1, -0.05) is 65.8 Å². The number of non-ortho nitro benzene ring substituents is 1. The Kier molecular flexibility index (Phi) is 8.73. The van der Waals surface area contributed by atoms with E-state index in [1.807, 2.05) is 60.7 Å². The number of hydrogen-bond donors (Lipinski definition) is 1. The van der Waals surface area contributed by atoms with Crippen LogP contribution in [0.15, 0.2) is 114 Å². The summed E-state index contributed by atoms with van der Waals surface area (Å²) in [6.07, 6.45) is 1.32. The fourth-order valence-corrected chi connectivity index (χ4v) is 4.20. The second-order valence-corrected chi connectivity index (χ2v) is 9.31. The number of nitrogens with zero attached hydrogens (tertiary/aromatic N) is 2. The van der Waals surface area contributed by atoms with Crippen LogP contribution in [0.25, 0.3) is 0 Å². The highest BCUT2D eigenvalue weighted by atomic mass is 16.6. The number of carbonyl (C=O) groups is 1. The standard InChI is InChI=1S/C32H27N3O7/c1-22(33-32(36)28-16-17-41-34-28)31-29(40-21-24-10-6-3-7-11-24)18-27(39-20-23-8-4-2-5-9-23)19-30(31)42-26-14-12-25(13-15-26)35(37)38/h2-19,22H,20-21H2,1H3,(H,33,36). The molecule has 1 amide bonds. The third kappa shape index (κ3) is 7.11. The molecule has 4 aromatic carbocycles. The zero-order valence-electron chi connectivity index (χ0n) is 22.6. The quantitative estimate of drug-likeness (QED) is 0.126. The molecule has 0 aliphatic heterocycles. The Morgan fingerprint density at radius 2 is 1.48 bits per heavy atom. The fourth-order valence-electron chi connectivity index (χ4n) is 4.20. The molecule has 1 heterocycles. The van der Waals surface area contributed by atoms with Gasteiger partial charge in [0.25, 0.3) is 11.6 Å². The first-order chi connectivity index (χ1) is 20.5. The molecule has 0 saturated heterocycles. The molecule has 1 N–H and O–H groups in total. The first kappa shape index (κ1) is 27.9. The first-order valence-corrected chi connectivity index (χ1v) is 13.1. The lowest BCUT2D eigenvalue weighted by Crippen LogP contribution is -2.27. The van der Waals surface area contributed by atoms with E-state index in [1.165, 1.54) is 36.6 Å². The van der Waals surface area contributed by atoms with E-state index in [0.29, 0.717) is 35.2 Å². The molecule has 10 nitrogen and oxygen atoms in total. The van der Waals surface area contributed by atoms with E-state index in [0.717, 1.165) is 11.1 Å². The summed E-state index contributed by atoms with van der Waals surface area (Å²) >= 11 is 0. The second-order valence-electron chi connectivity index (χ2n) is 9.31. The number of benzene rings is 4. The average molecular weight is 566 g/mol. The molecule has 1 atom stereocenters. The minimum Gasteiger partial charge on any atom is -0.489 e. The van der Waals surface area contributed by atoms with Gasteiger partial charge in [0.05, 0.1) is 16.5 Å². The monoisotopic (exact) mass is 565 g/mol. The number of amides is 1. The summed E-state index contributed by atoms with van der Waals surface area (Å²) < 4.78 is 23.5. The highest BCUT2D eigenvalue weighted by Gasteiger charge is 2.24. The molecule has 5 aromatic rings. The number of ether oxygens (including phenoxy) is 3. The maximum atomic E-state index is 12.9. The molecule has 0 bridgehead atoms. The van der Waals surface area contributed by atoms with Gasteiger partial charge < -0.3 is 24.1 Å². The molecule has 0 saturated carbocycles. The van der Waals surface area contributed by atoms with Crippen LogP contribution in [0.4, 0.5) is 5.69 Å². The molecule has 1 unspecified atom stereocenters. The van der Waals surface area contributed by atoms with Crippen LogP contribution in [0.3, 0.4) is 0 Å². The van der Waals surface area contributed by atoms with Crippen molar-refractivity contribution in [3.05, 3.63) is 142 Å². The van der Waals surface area contributed by atoms with E-state index < -0.39 is 16.9 Å². The van der Waals surface area contributed by atoms with Crippen molar-refractivity contribution < 1.29 is 28.5 Å². The van der Waals surface area contributed by atoms with E-state index in [9.17, 15) is 14.9 Å². The van der Waals surface area contributed by atoms with Crippen molar-refractivity contribution in [3.8, 4) is 23.0 Å². The number of carbonyl (C=O) groups excluding carboxylic acids is 1. The van der Waals surface area contributed by atoms with Crippen molar-refractivity contribution in [2.45, 2.75) is 26.2 Å². The summed E-state index contributed by atoms with van der Waals surface area (Å²) in [6.45, 7) is 2.33. The molecule has 0 spiro atoms. The lowest BCUT2D eigenvalue weighted by Gasteiger charge is -2.23. The van der Waals surface area contributed by atoms with Crippen LogP contribution in [0.1, 0.15) is 40.1 Å². The summed E-state index contributed by atoms with van der Waals surface area (Å²) in [5.74, 6) is 1.14. The molecular formula is C32H27N3O7. The molecule has 0 aliphatic carbocycles. The van der Waals surface area contributed by atoms with Gasteiger partial charge in [-0.05, 0) is 30.2 Å². The van der Waals surface area contributed by atoms with Crippen molar-refractivity contribution >= 4 is 11.6 Å². The van der Waals surface area contributed by atoms with Gasteiger partial charge in [-0.25, -0.2) is 0 Å². The van der Waals surface area contributed by atoms with Crippen LogP contribution in [0.2, 0.25) is 0 Å². The lowest BCUT2D eigenvalue weighted by molar-refractivity contribution is -0.384. The Hall–Kier alpha value is -5.64. The van der Waals surface area contributed by atoms with Crippen LogP contribution in [-0.4, -0.2) is 16.0 Å². The summed E-state index contributed by atoms with van der Waals surface area (Å²) in [4.78, 5) is 23.6. The summed E-state index contributed by atoms with van der Waals surface area (Å²) in [7, 11) is 0. The zero-order chi connectivity index (χ0) is 29.3. The number of hydrogen-bond acceptors (Lipinski definition) is 8. The van der Waals surface area contributed by atoms with E-state index in [2.05, 4.69) is 10.5 Å². The van der Waals surface area contributed by atoms with E-state index in [4.69, 9.17) is 18.7 Å². The highest BCUT2D eigenvalue weighted by Crippen LogP contribution is 2.41. The van der Waals surface area contributed by atoms with Gasteiger partial charge in [-0.15, -0.1) is 0 Å². The van der Waals surface area contributed by atoms with Gasteiger partial charge >= 0.3 is 0 Å². The predicted molar refractivity (Wildman–Crippen MR) is 154 cm³/mol. The van der Waals surface area contributed by atoms with Gasteiger partial charge in [-0.3, -0.25) is 14.9 Å². The Bertz CT molecular complexity index is 1620. The molecule has 10 heteroatoms. The SMILES string of the molecule is CC(NC(=O)c1ccon1)c1c(OCc2ccccc2)cc(OCc2ccccc2)cc1Oc1ccc([N+](=O)[O-])cc1. The topological polar surface area (TPSA) is 126 Å². The number of aromatic nitrogens is 1. The minimum absolute atomic E-state index is 0.0670. The van der Waals surface area contributed by atoms with Gasteiger partial charge in [0.2, 0.25) is 0 Å². The molecule has 5 rings (SSSR count). The van der Waals surface area contributed by atoms with Gasteiger partial charge in [0, 0.05) is 30.3 Å². The second kappa shape index (κ2) is 13.1. The predicted octanol–water partition coefficient (Wildman–Crippen LogP) is 7.02. The molecule has 1 aromatic heterocycles. The van der Waals surface area contributed by atoms with Gasteiger partial charge in [-0.2, -0.15) is 0 Å². The number of nitrogens with one attached hydrogen (secondary N) is 1. The van der Waals surface area contributed by atoms with Crippen molar-refractivity contribution in [1.29, 1.82) is 0 Å². The van der Waals surface area contributed by atoms with Crippen molar-refractivity contribution in [2.24, 2.45) is 0 Å². The molecular weight excluding hydrogens is 538 g/mol. The Balaban J connectivity index is 1.53. The smallest absolute Gasteiger partial charge is 0.273 e. The average Bonchev–Trinajstić information content (AvgIpc) is 3.56. The highest BCUT2D eigenvalue weighted by molar-refractivity contribution is 5.92. The Morgan fingerprint density at radius 3 is 2.07 bits per heavy atom.